The SMILES string of the molecule is COc1ccc2c(c1CN1CCOCC1)OC(=Cc1n[nH]c3ccccc13)C2=O. The second kappa shape index (κ2) is 7.35. The van der Waals surface area contributed by atoms with Gasteiger partial charge in [0.1, 0.15) is 11.5 Å². The number of nitrogens with zero attached hydrogens (tertiary/aromatic N) is 2. The number of carbonyl (C=O) groups excluding carboxylic acids is 1. The Morgan fingerprint density at radius 3 is 2.86 bits per heavy atom. The summed E-state index contributed by atoms with van der Waals surface area (Å²) in [5.41, 5.74) is 3.03. The Kier molecular flexibility index (Phi) is 4.54. The summed E-state index contributed by atoms with van der Waals surface area (Å²) in [5, 5.41) is 8.25. The molecule has 2 aromatic carbocycles. The molecule has 5 rings (SSSR count). The van der Waals surface area contributed by atoms with Gasteiger partial charge in [0.2, 0.25) is 5.78 Å². The number of Topliss-reactive ketones (excluding diaryl/α,β-unsaturated/α-hetero) is 1. The number of H-pyrrole nitrogens is 1. The highest BCUT2D eigenvalue weighted by atomic mass is 16.5. The van der Waals surface area contributed by atoms with E-state index in [4.69, 9.17) is 14.2 Å². The Morgan fingerprint density at radius 1 is 1.21 bits per heavy atom. The van der Waals surface area contributed by atoms with Gasteiger partial charge in [-0.05, 0) is 18.2 Å². The summed E-state index contributed by atoms with van der Waals surface area (Å²) < 4.78 is 17.1. The molecule has 0 aliphatic carbocycles. The summed E-state index contributed by atoms with van der Waals surface area (Å²) in [7, 11) is 1.63. The first kappa shape index (κ1) is 17.9. The van der Waals surface area contributed by atoms with Crippen LogP contribution in [0.3, 0.4) is 0 Å². The van der Waals surface area contributed by atoms with Gasteiger partial charge in [-0.1, -0.05) is 18.2 Å². The number of aromatic amines is 1. The van der Waals surface area contributed by atoms with E-state index in [1.807, 2.05) is 30.3 Å². The fourth-order valence-electron chi connectivity index (χ4n) is 3.83. The van der Waals surface area contributed by atoms with Gasteiger partial charge in [0.25, 0.3) is 0 Å². The Hall–Kier alpha value is -3.16. The molecule has 0 atom stereocenters. The molecule has 3 heterocycles. The van der Waals surface area contributed by atoms with Crippen LogP contribution in [0, 0.1) is 0 Å². The van der Waals surface area contributed by atoms with Gasteiger partial charge in [-0.15, -0.1) is 0 Å². The lowest BCUT2D eigenvalue weighted by Crippen LogP contribution is -2.35. The molecule has 0 amide bonds. The number of rotatable bonds is 4. The van der Waals surface area contributed by atoms with Crippen molar-refractivity contribution in [2.75, 3.05) is 33.4 Å². The standard InChI is InChI=1S/C22H21N3O4/c1-27-19-7-6-15-21(26)20(12-18-14-4-2-3-5-17(14)23-24-18)29-22(15)16(19)13-25-8-10-28-11-9-25/h2-7,12H,8-11,13H2,1H3,(H,23,24). The first-order valence-electron chi connectivity index (χ1n) is 9.62. The number of morpholine rings is 1. The van der Waals surface area contributed by atoms with Crippen molar-refractivity contribution in [3.63, 3.8) is 0 Å². The molecule has 1 N–H and O–H groups in total. The number of carbonyl (C=O) groups is 1. The maximum absolute atomic E-state index is 13.0. The topological polar surface area (TPSA) is 76.7 Å². The lowest BCUT2D eigenvalue weighted by atomic mass is 10.0. The Labute approximate surface area is 167 Å². The van der Waals surface area contributed by atoms with E-state index in [0.717, 1.165) is 35.3 Å². The normalized spacial score (nSPS) is 18.2. The molecule has 1 saturated heterocycles. The predicted octanol–water partition coefficient (Wildman–Crippen LogP) is 3.02. The highest BCUT2D eigenvalue weighted by Gasteiger charge is 2.32. The summed E-state index contributed by atoms with van der Waals surface area (Å²) in [6.45, 7) is 3.72. The molecule has 29 heavy (non-hydrogen) atoms. The third-order valence-corrected chi connectivity index (χ3v) is 5.37. The molecule has 2 aliphatic rings. The zero-order valence-electron chi connectivity index (χ0n) is 16.1. The first-order chi connectivity index (χ1) is 14.2. The van der Waals surface area contributed by atoms with E-state index in [1.54, 1.807) is 19.3 Å². The second-order valence-electron chi connectivity index (χ2n) is 7.11. The third-order valence-electron chi connectivity index (χ3n) is 5.37. The van der Waals surface area contributed by atoms with Crippen LogP contribution >= 0.6 is 0 Å². The van der Waals surface area contributed by atoms with Crippen molar-refractivity contribution in [2.45, 2.75) is 6.54 Å². The quantitative estimate of drug-likeness (QED) is 0.689. The van der Waals surface area contributed by atoms with Crippen LogP contribution in [0.5, 0.6) is 11.5 Å². The molecule has 0 unspecified atom stereocenters. The maximum atomic E-state index is 13.0. The molecule has 7 nitrogen and oxygen atoms in total. The predicted molar refractivity (Wildman–Crippen MR) is 108 cm³/mol. The van der Waals surface area contributed by atoms with Gasteiger partial charge in [-0.2, -0.15) is 5.10 Å². The number of allylic oxidation sites excluding steroid dienone is 1. The molecule has 0 saturated carbocycles. The maximum Gasteiger partial charge on any atom is 0.232 e. The van der Waals surface area contributed by atoms with Crippen molar-refractivity contribution < 1.29 is 19.0 Å². The number of hydrogen-bond acceptors (Lipinski definition) is 6. The van der Waals surface area contributed by atoms with Crippen molar-refractivity contribution >= 4 is 22.8 Å². The molecule has 7 heteroatoms. The summed E-state index contributed by atoms with van der Waals surface area (Å²) >= 11 is 0. The van der Waals surface area contributed by atoms with E-state index in [0.29, 0.717) is 36.8 Å². The van der Waals surface area contributed by atoms with E-state index in [2.05, 4.69) is 15.1 Å². The van der Waals surface area contributed by atoms with Crippen LogP contribution in [0.4, 0.5) is 0 Å². The zero-order valence-corrected chi connectivity index (χ0v) is 16.1. The first-order valence-corrected chi connectivity index (χ1v) is 9.62. The number of para-hydroxylation sites is 1. The summed E-state index contributed by atoms with van der Waals surface area (Å²) in [5.74, 6) is 1.42. The van der Waals surface area contributed by atoms with E-state index in [-0.39, 0.29) is 11.5 Å². The van der Waals surface area contributed by atoms with Crippen LogP contribution in [0.25, 0.3) is 17.0 Å². The Bertz CT molecular complexity index is 1110. The molecule has 0 spiro atoms. The summed E-state index contributed by atoms with van der Waals surface area (Å²) in [6, 6.07) is 11.4. The average Bonchev–Trinajstić information content (AvgIpc) is 3.31. The summed E-state index contributed by atoms with van der Waals surface area (Å²) in [4.78, 5) is 15.3. The smallest absolute Gasteiger partial charge is 0.232 e. The highest BCUT2D eigenvalue weighted by Crippen LogP contribution is 2.40. The minimum Gasteiger partial charge on any atom is -0.496 e. The van der Waals surface area contributed by atoms with Gasteiger partial charge in [-0.3, -0.25) is 14.8 Å². The average molecular weight is 391 g/mol. The number of nitrogens with one attached hydrogen (secondary N) is 1. The van der Waals surface area contributed by atoms with Gasteiger partial charge in [0.15, 0.2) is 5.76 Å². The van der Waals surface area contributed by atoms with Crippen molar-refractivity contribution in [3.05, 3.63) is 59.0 Å². The molecule has 1 fully saturated rings. The lowest BCUT2D eigenvalue weighted by molar-refractivity contribution is 0.0336. The van der Waals surface area contributed by atoms with Gasteiger partial charge >= 0.3 is 0 Å². The number of ketones is 1. The molecular weight excluding hydrogens is 370 g/mol. The highest BCUT2D eigenvalue weighted by molar-refractivity contribution is 6.15. The molecular formula is C22H21N3O4. The zero-order chi connectivity index (χ0) is 19.8. The lowest BCUT2D eigenvalue weighted by Gasteiger charge is -2.27. The number of benzene rings is 2. The van der Waals surface area contributed by atoms with Crippen LogP contribution in [0.2, 0.25) is 0 Å². The van der Waals surface area contributed by atoms with Crippen LogP contribution in [0.15, 0.2) is 42.2 Å². The van der Waals surface area contributed by atoms with Crippen LogP contribution < -0.4 is 9.47 Å². The molecule has 0 radical (unpaired) electrons. The van der Waals surface area contributed by atoms with E-state index in [9.17, 15) is 4.79 Å². The van der Waals surface area contributed by atoms with Gasteiger partial charge in [0, 0.05) is 31.1 Å². The van der Waals surface area contributed by atoms with Gasteiger partial charge in [-0.25, -0.2) is 0 Å². The molecule has 1 aromatic heterocycles. The molecule has 148 valence electrons. The summed E-state index contributed by atoms with van der Waals surface area (Å²) in [6.07, 6.45) is 1.70. The van der Waals surface area contributed by atoms with E-state index >= 15 is 0 Å². The second-order valence-corrected chi connectivity index (χ2v) is 7.11. The molecule has 0 bridgehead atoms. The number of hydrogen-bond donors (Lipinski definition) is 1. The van der Waals surface area contributed by atoms with Crippen molar-refractivity contribution in [1.82, 2.24) is 15.1 Å². The number of methoxy groups -OCH3 is 1. The number of ether oxygens (including phenoxy) is 3. The monoisotopic (exact) mass is 391 g/mol. The minimum absolute atomic E-state index is 0.141. The van der Waals surface area contributed by atoms with Gasteiger partial charge in [0.05, 0.1) is 42.7 Å². The third kappa shape index (κ3) is 3.18. The van der Waals surface area contributed by atoms with Crippen molar-refractivity contribution in [2.24, 2.45) is 0 Å². The number of aromatic nitrogens is 2. The van der Waals surface area contributed by atoms with Crippen molar-refractivity contribution in [3.8, 4) is 11.5 Å². The molecule has 3 aromatic rings. The number of fused-ring (bicyclic) bond motifs is 2. The van der Waals surface area contributed by atoms with Crippen LogP contribution in [-0.2, 0) is 11.3 Å². The Morgan fingerprint density at radius 2 is 2.03 bits per heavy atom. The van der Waals surface area contributed by atoms with Crippen LogP contribution in [0.1, 0.15) is 21.6 Å². The minimum atomic E-state index is -0.141. The van der Waals surface area contributed by atoms with Crippen LogP contribution in [-0.4, -0.2) is 54.3 Å². The fourth-order valence-corrected chi connectivity index (χ4v) is 3.83. The van der Waals surface area contributed by atoms with E-state index in [1.165, 1.54) is 0 Å². The fraction of sp³-hybridized carbons (Fsp3) is 0.273. The largest absolute Gasteiger partial charge is 0.496 e. The molecule has 2 aliphatic heterocycles. The van der Waals surface area contributed by atoms with Crippen molar-refractivity contribution in [1.29, 1.82) is 0 Å². The van der Waals surface area contributed by atoms with E-state index < -0.39 is 0 Å². The van der Waals surface area contributed by atoms with Gasteiger partial charge < -0.3 is 14.2 Å². The Balaban J connectivity index is 1.52.